The minimum Gasteiger partial charge on any atom is -0.455 e. The molecule has 0 bridgehead atoms. The maximum atomic E-state index is 6.40. The van der Waals surface area contributed by atoms with Crippen LogP contribution in [0.4, 0.5) is 17.1 Å². The van der Waals surface area contributed by atoms with E-state index in [2.05, 4.69) is 170 Å². The standard InChI is InChI=1S/C47H33NO/c1-47(2)42-18-7-5-14-37(42)38-26-25-33(29-43(38)47)48(44-19-9-12-30-11-3-4-13-35(30)44)32-23-21-31(22-24-32)34-16-10-17-40-36(34)27-28-41-39-15-6-8-20-45(39)49-46(40)41/h3-29H,1-2H3. The van der Waals surface area contributed by atoms with Crippen LogP contribution in [-0.2, 0) is 5.41 Å². The number of hydrogen-bond donors (Lipinski definition) is 0. The monoisotopic (exact) mass is 627 g/mol. The predicted molar refractivity (Wildman–Crippen MR) is 206 cm³/mol. The molecule has 49 heavy (non-hydrogen) atoms. The van der Waals surface area contributed by atoms with Gasteiger partial charge in [-0.1, -0.05) is 135 Å². The Morgan fingerprint density at radius 3 is 1.98 bits per heavy atom. The first-order chi connectivity index (χ1) is 24.1. The van der Waals surface area contributed by atoms with E-state index in [0.29, 0.717) is 0 Å². The Hall–Kier alpha value is -6.12. The highest BCUT2D eigenvalue weighted by molar-refractivity contribution is 6.17. The molecule has 0 radical (unpaired) electrons. The van der Waals surface area contributed by atoms with Gasteiger partial charge in [0.15, 0.2) is 0 Å². The fourth-order valence-corrected chi connectivity index (χ4v) is 8.24. The maximum absolute atomic E-state index is 6.40. The number of fused-ring (bicyclic) bond motifs is 9. The lowest BCUT2D eigenvalue weighted by molar-refractivity contribution is 0.660. The lowest BCUT2D eigenvalue weighted by Crippen LogP contribution is -2.16. The average molecular weight is 628 g/mol. The Kier molecular flexibility index (Phi) is 5.95. The Bertz CT molecular complexity index is 2740. The van der Waals surface area contributed by atoms with Crippen LogP contribution in [0.15, 0.2) is 168 Å². The van der Waals surface area contributed by atoms with Gasteiger partial charge in [-0.3, -0.25) is 0 Å². The molecule has 0 N–H and O–H groups in total. The van der Waals surface area contributed by atoms with E-state index < -0.39 is 0 Å². The maximum Gasteiger partial charge on any atom is 0.143 e. The van der Waals surface area contributed by atoms with Gasteiger partial charge in [0, 0.05) is 38.3 Å². The molecule has 0 saturated carbocycles. The van der Waals surface area contributed by atoms with Crippen molar-refractivity contribution in [2.45, 2.75) is 19.3 Å². The molecule has 9 aromatic rings. The molecule has 0 amide bonds. The molecular weight excluding hydrogens is 595 g/mol. The summed E-state index contributed by atoms with van der Waals surface area (Å²) in [5, 5.41) is 7.08. The summed E-state index contributed by atoms with van der Waals surface area (Å²) >= 11 is 0. The van der Waals surface area contributed by atoms with Crippen LogP contribution in [0, 0.1) is 0 Å². The fraction of sp³-hybridized carbons (Fsp3) is 0.0638. The molecule has 1 aromatic heterocycles. The summed E-state index contributed by atoms with van der Waals surface area (Å²) < 4.78 is 6.40. The van der Waals surface area contributed by atoms with Crippen LogP contribution in [0.25, 0.3) is 65.7 Å². The second-order valence-corrected chi connectivity index (χ2v) is 13.7. The molecule has 2 nitrogen and oxygen atoms in total. The van der Waals surface area contributed by atoms with E-state index in [1.54, 1.807) is 0 Å². The van der Waals surface area contributed by atoms with Gasteiger partial charge in [0.2, 0.25) is 0 Å². The van der Waals surface area contributed by atoms with Gasteiger partial charge in [0.25, 0.3) is 0 Å². The van der Waals surface area contributed by atoms with E-state index in [1.807, 2.05) is 12.1 Å². The zero-order valence-corrected chi connectivity index (χ0v) is 27.4. The molecule has 1 aliphatic rings. The zero-order chi connectivity index (χ0) is 32.7. The summed E-state index contributed by atoms with van der Waals surface area (Å²) in [6.07, 6.45) is 0. The summed E-state index contributed by atoms with van der Waals surface area (Å²) in [6, 6.07) is 59.5. The highest BCUT2D eigenvalue weighted by Crippen LogP contribution is 2.51. The van der Waals surface area contributed by atoms with Gasteiger partial charge in [-0.15, -0.1) is 0 Å². The Morgan fingerprint density at radius 1 is 0.449 bits per heavy atom. The molecule has 1 aliphatic carbocycles. The zero-order valence-electron chi connectivity index (χ0n) is 27.4. The van der Waals surface area contributed by atoms with E-state index in [0.717, 1.165) is 44.4 Å². The summed E-state index contributed by atoms with van der Waals surface area (Å²) in [6.45, 7) is 4.70. The molecule has 0 unspecified atom stereocenters. The quantitative estimate of drug-likeness (QED) is 0.193. The number of nitrogens with zero attached hydrogens (tertiary/aromatic N) is 1. The van der Waals surface area contributed by atoms with Crippen LogP contribution in [0.1, 0.15) is 25.0 Å². The smallest absolute Gasteiger partial charge is 0.143 e. The topological polar surface area (TPSA) is 16.4 Å². The number of hydrogen-bond acceptors (Lipinski definition) is 2. The number of benzene rings is 8. The van der Waals surface area contributed by atoms with E-state index in [4.69, 9.17) is 4.42 Å². The first-order valence-corrected chi connectivity index (χ1v) is 17.0. The number of anilines is 3. The second-order valence-electron chi connectivity index (χ2n) is 13.7. The van der Waals surface area contributed by atoms with Crippen molar-refractivity contribution in [2.24, 2.45) is 0 Å². The third-order valence-corrected chi connectivity index (χ3v) is 10.7. The first kappa shape index (κ1) is 27.9. The third kappa shape index (κ3) is 4.14. The molecule has 0 fully saturated rings. The van der Waals surface area contributed by atoms with Crippen molar-refractivity contribution < 1.29 is 4.42 Å². The van der Waals surface area contributed by atoms with Gasteiger partial charge >= 0.3 is 0 Å². The highest BCUT2D eigenvalue weighted by Gasteiger charge is 2.35. The first-order valence-electron chi connectivity index (χ1n) is 17.0. The van der Waals surface area contributed by atoms with E-state index in [9.17, 15) is 0 Å². The van der Waals surface area contributed by atoms with Crippen molar-refractivity contribution in [1.29, 1.82) is 0 Å². The van der Waals surface area contributed by atoms with Crippen LogP contribution in [0.3, 0.4) is 0 Å². The molecule has 2 heteroatoms. The lowest BCUT2D eigenvalue weighted by Gasteiger charge is -2.29. The summed E-state index contributed by atoms with van der Waals surface area (Å²) in [5.41, 5.74) is 13.0. The van der Waals surface area contributed by atoms with Crippen molar-refractivity contribution in [1.82, 2.24) is 0 Å². The molecule has 10 rings (SSSR count). The van der Waals surface area contributed by atoms with E-state index in [-0.39, 0.29) is 5.41 Å². The molecule has 232 valence electrons. The lowest BCUT2D eigenvalue weighted by atomic mass is 9.82. The second kappa shape index (κ2) is 10.4. The Balaban J connectivity index is 1.13. The minimum absolute atomic E-state index is 0.0875. The molecule has 0 saturated heterocycles. The van der Waals surface area contributed by atoms with E-state index in [1.165, 1.54) is 49.5 Å². The predicted octanol–water partition coefficient (Wildman–Crippen LogP) is 13.3. The van der Waals surface area contributed by atoms with Gasteiger partial charge < -0.3 is 9.32 Å². The van der Waals surface area contributed by atoms with Crippen LogP contribution in [0.2, 0.25) is 0 Å². The van der Waals surface area contributed by atoms with Gasteiger partial charge in [0.1, 0.15) is 11.2 Å². The molecule has 0 spiro atoms. The van der Waals surface area contributed by atoms with Crippen molar-refractivity contribution >= 4 is 60.5 Å². The van der Waals surface area contributed by atoms with Crippen LogP contribution in [0.5, 0.6) is 0 Å². The van der Waals surface area contributed by atoms with Crippen molar-refractivity contribution in [3.05, 3.63) is 175 Å². The Labute approximate surface area is 285 Å². The van der Waals surface area contributed by atoms with Crippen LogP contribution < -0.4 is 4.90 Å². The SMILES string of the molecule is CC1(C)c2ccccc2-c2ccc(N(c3ccc(-c4cccc5c4ccc4c6ccccc6oc54)cc3)c3cccc4ccccc34)cc21. The van der Waals surface area contributed by atoms with Gasteiger partial charge in [-0.05, 0) is 86.6 Å². The van der Waals surface area contributed by atoms with Gasteiger partial charge in [-0.25, -0.2) is 0 Å². The molecular formula is C47H33NO. The normalized spacial score (nSPS) is 13.3. The molecule has 0 atom stereocenters. The minimum atomic E-state index is -0.0875. The number of rotatable bonds is 4. The largest absolute Gasteiger partial charge is 0.455 e. The Morgan fingerprint density at radius 2 is 1.08 bits per heavy atom. The summed E-state index contributed by atoms with van der Waals surface area (Å²) in [5.74, 6) is 0. The van der Waals surface area contributed by atoms with Crippen LogP contribution in [-0.4, -0.2) is 0 Å². The molecule has 1 heterocycles. The third-order valence-electron chi connectivity index (χ3n) is 10.7. The molecule has 0 aliphatic heterocycles. The number of para-hydroxylation sites is 1. The summed E-state index contributed by atoms with van der Waals surface area (Å²) in [7, 11) is 0. The van der Waals surface area contributed by atoms with Crippen molar-refractivity contribution in [3.63, 3.8) is 0 Å². The van der Waals surface area contributed by atoms with Gasteiger partial charge in [0.05, 0.1) is 5.69 Å². The van der Waals surface area contributed by atoms with Gasteiger partial charge in [-0.2, -0.15) is 0 Å². The van der Waals surface area contributed by atoms with Crippen LogP contribution >= 0.6 is 0 Å². The number of furan rings is 1. The molecule has 8 aromatic carbocycles. The van der Waals surface area contributed by atoms with E-state index >= 15 is 0 Å². The fourth-order valence-electron chi connectivity index (χ4n) is 8.24. The van der Waals surface area contributed by atoms with Crippen molar-refractivity contribution in [2.75, 3.05) is 4.90 Å². The highest BCUT2D eigenvalue weighted by atomic mass is 16.3. The average Bonchev–Trinajstić information content (AvgIpc) is 3.64. The summed E-state index contributed by atoms with van der Waals surface area (Å²) in [4.78, 5) is 2.42. The van der Waals surface area contributed by atoms with Crippen molar-refractivity contribution in [3.8, 4) is 22.3 Å².